The second-order valence-corrected chi connectivity index (χ2v) is 9.33. The first-order valence-corrected chi connectivity index (χ1v) is 13.2. The van der Waals surface area contributed by atoms with Crippen LogP contribution in [0.25, 0.3) is 0 Å². The van der Waals surface area contributed by atoms with Crippen LogP contribution >= 0.6 is 23.2 Å². The molecule has 0 radical (unpaired) electrons. The lowest BCUT2D eigenvalue weighted by molar-refractivity contribution is 0.0548. The molecule has 1 rings (SSSR count). The summed E-state index contributed by atoms with van der Waals surface area (Å²) in [6.45, 7) is 2.67. The van der Waals surface area contributed by atoms with Gasteiger partial charge in [-0.25, -0.2) is 9.59 Å². The van der Waals surface area contributed by atoms with Crippen LogP contribution in [0.4, 0.5) is 4.79 Å². The average molecular weight is 504 g/mol. The van der Waals surface area contributed by atoms with Crippen LogP contribution in [0.15, 0.2) is 12.1 Å². The summed E-state index contributed by atoms with van der Waals surface area (Å²) in [6, 6.07) is 2.66. The number of benzene rings is 1. The van der Waals surface area contributed by atoms with Gasteiger partial charge in [-0.2, -0.15) is 0 Å². The molecule has 0 bridgehead atoms. The normalized spacial score (nSPS) is 10.9. The molecule has 0 aliphatic heterocycles. The molecular formula is C26H40Cl2O5. The Bertz CT molecular complexity index is 670. The van der Waals surface area contributed by atoms with Crippen LogP contribution in [0, 0.1) is 0 Å². The Morgan fingerprint density at radius 2 is 1.15 bits per heavy atom. The van der Waals surface area contributed by atoms with Crippen molar-refractivity contribution in [2.24, 2.45) is 0 Å². The second-order valence-electron chi connectivity index (χ2n) is 8.52. The number of hydrogen-bond donors (Lipinski definition) is 1. The Morgan fingerprint density at radius 1 is 0.727 bits per heavy atom. The number of hydrogen-bond acceptors (Lipinski definition) is 4. The fourth-order valence-corrected chi connectivity index (χ4v) is 4.37. The highest BCUT2D eigenvalue weighted by Crippen LogP contribution is 2.27. The smallest absolute Gasteiger partial charge is 0.478 e. The zero-order chi connectivity index (χ0) is 24.3. The lowest BCUT2D eigenvalue weighted by atomic mass is 10.0. The number of rotatable bonds is 19. The highest BCUT2D eigenvalue weighted by Gasteiger charge is 2.13. The molecule has 1 N–H and O–H groups in total. The van der Waals surface area contributed by atoms with Crippen molar-refractivity contribution in [1.82, 2.24) is 0 Å². The summed E-state index contributed by atoms with van der Waals surface area (Å²) in [5.74, 6) is -1.10. The minimum absolute atomic E-state index is 0.0160. The Balaban J connectivity index is 1.96. The standard InChI is InChI=1S/C26H40Cl2O5/c1-2-3-4-5-6-7-8-9-10-11-12-13-14-15-17-32-26(31)33-18-16-22-23(27)19-21(25(29)30)20-24(22)28/h19-20H,2-18H2,1H3,(H,29,30). The maximum atomic E-state index is 11.7. The van der Waals surface area contributed by atoms with Crippen molar-refractivity contribution < 1.29 is 24.2 Å². The Hall–Kier alpha value is -1.46. The molecule has 1 aromatic rings. The van der Waals surface area contributed by atoms with Crippen molar-refractivity contribution in [2.45, 2.75) is 103 Å². The van der Waals surface area contributed by atoms with Gasteiger partial charge in [0.05, 0.1) is 18.8 Å². The third-order valence-corrected chi connectivity index (χ3v) is 6.35. The minimum Gasteiger partial charge on any atom is -0.478 e. The van der Waals surface area contributed by atoms with E-state index in [0.29, 0.717) is 12.2 Å². The molecule has 0 saturated heterocycles. The molecule has 0 aromatic heterocycles. The zero-order valence-electron chi connectivity index (χ0n) is 20.0. The Kier molecular flexibility index (Phi) is 16.9. The minimum atomic E-state index is -1.10. The number of carbonyl (C=O) groups excluding carboxylic acids is 1. The molecule has 33 heavy (non-hydrogen) atoms. The topological polar surface area (TPSA) is 72.8 Å². The van der Waals surface area contributed by atoms with E-state index in [0.717, 1.165) is 12.8 Å². The molecule has 0 aliphatic rings. The Labute approximate surface area is 209 Å². The van der Waals surface area contributed by atoms with Crippen LogP contribution in [0.5, 0.6) is 0 Å². The van der Waals surface area contributed by atoms with Gasteiger partial charge >= 0.3 is 12.1 Å². The number of ether oxygens (including phenoxy) is 2. The van der Waals surface area contributed by atoms with Crippen LogP contribution in [0.2, 0.25) is 10.0 Å². The second kappa shape index (κ2) is 18.9. The van der Waals surface area contributed by atoms with Gasteiger partial charge < -0.3 is 14.6 Å². The molecule has 7 heteroatoms. The van der Waals surface area contributed by atoms with Crippen LogP contribution < -0.4 is 0 Å². The molecule has 5 nitrogen and oxygen atoms in total. The first kappa shape index (κ1) is 29.6. The van der Waals surface area contributed by atoms with Crippen molar-refractivity contribution in [2.75, 3.05) is 13.2 Å². The highest BCUT2D eigenvalue weighted by atomic mass is 35.5. The predicted molar refractivity (Wildman–Crippen MR) is 135 cm³/mol. The van der Waals surface area contributed by atoms with E-state index in [2.05, 4.69) is 6.92 Å². The van der Waals surface area contributed by atoms with Crippen molar-refractivity contribution in [3.05, 3.63) is 33.3 Å². The highest BCUT2D eigenvalue weighted by molar-refractivity contribution is 6.36. The number of carboxylic acid groups (broad SMARTS) is 1. The van der Waals surface area contributed by atoms with Gasteiger partial charge in [0, 0.05) is 16.5 Å². The molecule has 0 aliphatic carbocycles. The summed E-state index contributed by atoms with van der Waals surface area (Å²) in [5.41, 5.74) is 0.561. The molecule has 0 fully saturated rings. The van der Waals surface area contributed by atoms with Crippen molar-refractivity contribution >= 4 is 35.3 Å². The van der Waals surface area contributed by atoms with Gasteiger partial charge in [0.1, 0.15) is 0 Å². The van der Waals surface area contributed by atoms with Crippen LogP contribution in [-0.4, -0.2) is 30.4 Å². The molecule has 0 spiro atoms. The number of aromatic carboxylic acids is 1. The largest absolute Gasteiger partial charge is 0.508 e. The van der Waals surface area contributed by atoms with E-state index in [9.17, 15) is 9.59 Å². The van der Waals surface area contributed by atoms with Gasteiger partial charge in [0.25, 0.3) is 0 Å². The van der Waals surface area contributed by atoms with Gasteiger partial charge in [-0.3, -0.25) is 0 Å². The number of unbranched alkanes of at least 4 members (excludes halogenated alkanes) is 13. The van der Waals surface area contributed by atoms with Crippen LogP contribution in [0.3, 0.4) is 0 Å². The molecule has 0 saturated carbocycles. The molecule has 188 valence electrons. The van der Waals surface area contributed by atoms with Crippen molar-refractivity contribution in [3.63, 3.8) is 0 Å². The molecule has 0 atom stereocenters. The van der Waals surface area contributed by atoms with E-state index in [1.54, 1.807) is 0 Å². The van der Waals surface area contributed by atoms with E-state index < -0.39 is 12.1 Å². The average Bonchev–Trinajstić information content (AvgIpc) is 2.78. The van der Waals surface area contributed by atoms with E-state index in [1.165, 1.54) is 89.2 Å². The number of carbonyl (C=O) groups is 2. The summed E-state index contributed by atoms with van der Waals surface area (Å²) >= 11 is 12.2. The van der Waals surface area contributed by atoms with E-state index in [4.69, 9.17) is 37.8 Å². The summed E-state index contributed by atoms with van der Waals surface area (Å²) in [5, 5.41) is 9.47. The Morgan fingerprint density at radius 3 is 1.61 bits per heavy atom. The van der Waals surface area contributed by atoms with Gasteiger partial charge in [0.2, 0.25) is 0 Å². The quantitative estimate of drug-likeness (QED) is 0.151. The van der Waals surface area contributed by atoms with E-state index in [1.807, 2.05) is 0 Å². The van der Waals surface area contributed by atoms with Gasteiger partial charge in [0.15, 0.2) is 0 Å². The summed E-state index contributed by atoms with van der Waals surface area (Å²) in [7, 11) is 0. The first-order chi connectivity index (χ1) is 16.0. The maximum absolute atomic E-state index is 11.7. The number of halogens is 2. The van der Waals surface area contributed by atoms with Crippen molar-refractivity contribution in [1.29, 1.82) is 0 Å². The van der Waals surface area contributed by atoms with E-state index in [-0.39, 0.29) is 28.6 Å². The molecule has 0 heterocycles. The first-order valence-electron chi connectivity index (χ1n) is 12.5. The molecule has 0 amide bonds. The summed E-state index contributed by atoms with van der Waals surface area (Å²) in [4.78, 5) is 22.7. The van der Waals surface area contributed by atoms with Gasteiger partial charge in [-0.05, 0) is 24.1 Å². The van der Waals surface area contributed by atoms with Gasteiger partial charge in [-0.15, -0.1) is 0 Å². The predicted octanol–water partition coefficient (Wildman–Crippen LogP) is 8.87. The lowest BCUT2D eigenvalue weighted by Crippen LogP contribution is -2.11. The lowest BCUT2D eigenvalue weighted by Gasteiger charge is -2.09. The fraction of sp³-hybridized carbons (Fsp3) is 0.692. The fourth-order valence-electron chi connectivity index (χ4n) is 3.70. The van der Waals surface area contributed by atoms with Crippen LogP contribution in [-0.2, 0) is 15.9 Å². The third-order valence-electron chi connectivity index (χ3n) is 5.68. The SMILES string of the molecule is CCCCCCCCCCCCCCCCOC(=O)OCCc1c(Cl)cc(C(=O)O)cc1Cl. The zero-order valence-corrected chi connectivity index (χ0v) is 21.5. The maximum Gasteiger partial charge on any atom is 0.508 e. The number of carboxylic acids is 1. The molecule has 0 unspecified atom stereocenters. The van der Waals surface area contributed by atoms with Crippen LogP contribution in [0.1, 0.15) is 113 Å². The molecular weight excluding hydrogens is 463 g/mol. The van der Waals surface area contributed by atoms with Gasteiger partial charge in [-0.1, -0.05) is 114 Å². The monoisotopic (exact) mass is 502 g/mol. The summed E-state index contributed by atoms with van der Waals surface area (Å²) in [6.07, 6.45) is 17.5. The van der Waals surface area contributed by atoms with Crippen molar-refractivity contribution in [3.8, 4) is 0 Å². The molecule has 1 aromatic carbocycles. The summed E-state index contributed by atoms with van der Waals surface area (Å²) < 4.78 is 10.2. The third kappa shape index (κ3) is 14.4. The van der Waals surface area contributed by atoms with E-state index >= 15 is 0 Å².